The average Bonchev–Trinajstić information content (AvgIpc) is 2.43. The smallest absolute Gasteiger partial charge is 0.244 e. The molecule has 18 heavy (non-hydrogen) atoms. The molecule has 2 N–H and O–H groups in total. The van der Waals surface area contributed by atoms with Gasteiger partial charge in [0, 0.05) is 5.54 Å². The number of hydrogen-bond donors (Lipinski definition) is 2. The zero-order valence-corrected chi connectivity index (χ0v) is 12.8. The van der Waals surface area contributed by atoms with Crippen LogP contribution >= 0.6 is 0 Å². The molecule has 1 rings (SSSR count). The maximum absolute atomic E-state index is 12.2. The normalized spacial score (nSPS) is 13.9. The second-order valence-corrected chi connectivity index (χ2v) is 8.24. The van der Waals surface area contributed by atoms with Crippen molar-refractivity contribution in [3.8, 4) is 0 Å². The summed E-state index contributed by atoms with van der Waals surface area (Å²) in [6.07, 6.45) is 2.08. The molecule has 1 aromatic heterocycles. The molecular formula is C12H23N3O2S. The molecule has 0 bridgehead atoms. The molecule has 0 spiro atoms. The predicted molar refractivity (Wildman–Crippen MR) is 71.8 cm³/mol. The van der Waals surface area contributed by atoms with E-state index in [9.17, 15) is 8.42 Å². The lowest BCUT2D eigenvalue weighted by Crippen LogP contribution is -2.45. The standard InChI is InChI=1S/C12H23N3O2S/c1-9-10(7-13-14-9)18(16,17)15-12(5,6)8-11(2,3)4/h7,15H,8H2,1-6H3,(H,13,14). The highest BCUT2D eigenvalue weighted by atomic mass is 32.2. The second-order valence-electron chi connectivity index (χ2n) is 6.59. The molecule has 0 aliphatic heterocycles. The van der Waals surface area contributed by atoms with E-state index in [4.69, 9.17) is 0 Å². The van der Waals surface area contributed by atoms with E-state index in [-0.39, 0.29) is 10.3 Å². The summed E-state index contributed by atoms with van der Waals surface area (Å²) in [6.45, 7) is 11.7. The van der Waals surface area contributed by atoms with Gasteiger partial charge in [-0.25, -0.2) is 13.1 Å². The van der Waals surface area contributed by atoms with Crippen molar-refractivity contribution in [1.29, 1.82) is 0 Å². The fourth-order valence-electron chi connectivity index (χ4n) is 2.39. The van der Waals surface area contributed by atoms with Crippen LogP contribution < -0.4 is 4.72 Å². The van der Waals surface area contributed by atoms with Crippen LogP contribution in [-0.4, -0.2) is 24.2 Å². The topological polar surface area (TPSA) is 74.8 Å². The molecule has 6 heteroatoms. The van der Waals surface area contributed by atoms with Crippen molar-refractivity contribution in [2.45, 2.75) is 58.4 Å². The summed E-state index contributed by atoms with van der Waals surface area (Å²) in [5, 5.41) is 6.39. The lowest BCUT2D eigenvalue weighted by atomic mass is 9.82. The highest BCUT2D eigenvalue weighted by molar-refractivity contribution is 7.89. The van der Waals surface area contributed by atoms with Gasteiger partial charge >= 0.3 is 0 Å². The van der Waals surface area contributed by atoms with E-state index in [1.807, 2.05) is 13.8 Å². The molecule has 0 unspecified atom stereocenters. The number of aryl methyl sites for hydroxylation is 1. The van der Waals surface area contributed by atoms with Crippen molar-refractivity contribution in [2.75, 3.05) is 0 Å². The van der Waals surface area contributed by atoms with Crippen molar-refractivity contribution in [2.24, 2.45) is 5.41 Å². The maximum Gasteiger partial charge on any atom is 0.244 e. The highest BCUT2D eigenvalue weighted by Gasteiger charge is 2.31. The summed E-state index contributed by atoms with van der Waals surface area (Å²) in [4.78, 5) is 0.212. The molecular weight excluding hydrogens is 250 g/mol. The highest BCUT2D eigenvalue weighted by Crippen LogP contribution is 2.28. The summed E-state index contributed by atoms with van der Waals surface area (Å²) in [5.74, 6) is 0. The van der Waals surface area contributed by atoms with Gasteiger partial charge in [-0.2, -0.15) is 5.10 Å². The van der Waals surface area contributed by atoms with Crippen LogP contribution in [-0.2, 0) is 10.0 Å². The van der Waals surface area contributed by atoms with Gasteiger partial charge in [0.05, 0.1) is 11.9 Å². The van der Waals surface area contributed by atoms with Gasteiger partial charge in [0.1, 0.15) is 4.90 Å². The minimum absolute atomic E-state index is 0.0530. The molecule has 0 atom stereocenters. The van der Waals surface area contributed by atoms with Crippen LogP contribution in [0.15, 0.2) is 11.1 Å². The van der Waals surface area contributed by atoms with Gasteiger partial charge in [-0.1, -0.05) is 20.8 Å². The van der Waals surface area contributed by atoms with Gasteiger partial charge in [0.2, 0.25) is 10.0 Å². The Hall–Kier alpha value is -0.880. The molecule has 0 aliphatic carbocycles. The maximum atomic E-state index is 12.2. The Bertz CT molecular complexity index is 510. The fraction of sp³-hybridized carbons (Fsp3) is 0.750. The number of rotatable bonds is 4. The first-order chi connectivity index (χ1) is 7.93. The van der Waals surface area contributed by atoms with Gasteiger partial charge in [-0.05, 0) is 32.6 Å². The Kier molecular flexibility index (Phi) is 3.93. The van der Waals surface area contributed by atoms with Gasteiger partial charge in [-0.3, -0.25) is 5.10 Å². The first kappa shape index (κ1) is 15.2. The van der Waals surface area contributed by atoms with Crippen molar-refractivity contribution in [3.63, 3.8) is 0 Å². The average molecular weight is 273 g/mol. The molecule has 0 fully saturated rings. The summed E-state index contributed by atoms with van der Waals surface area (Å²) < 4.78 is 27.2. The van der Waals surface area contributed by atoms with Crippen LogP contribution in [0.4, 0.5) is 0 Å². The summed E-state index contributed by atoms with van der Waals surface area (Å²) in [6, 6.07) is 0. The number of aromatic nitrogens is 2. The molecule has 0 aromatic carbocycles. The van der Waals surface area contributed by atoms with E-state index in [1.165, 1.54) is 6.20 Å². The summed E-state index contributed by atoms with van der Waals surface area (Å²) >= 11 is 0. The van der Waals surface area contributed by atoms with Crippen LogP contribution in [0.2, 0.25) is 0 Å². The van der Waals surface area contributed by atoms with Crippen molar-refractivity contribution < 1.29 is 8.42 Å². The molecule has 104 valence electrons. The van der Waals surface area contributed by atoms with Crippen LogP contribution in [0.3, 0.4) is 0 Å². The monoisotopic (exact) mass is 273 g/mol. The van der Waals surface area contributed by atoms with Gasteiger partial charge in [-0.15, -0.1) is 0 Å². The number of aromatic amines is 1. The lowest BCUT2D eigenvalue weighted by Gasteiger charge is -2.32. The van der Waals surface area contributed by atoms with Gasteiger partial charge in [0.15, 0.2) is 0 Å². The molecule has 5 nitrogen and oxygen atoms in total. The van der Waals surface area contributed by atoms with E-state index in [0.717, 1.165) is 6.42 Å². The second kappa shape index (κ2) is 4.66. The molecule has 0 radical (unpaired) electrons. The van der Waals surface area contributed by atoms with Crippen LogP contribution in [0.25, 0.3) is 0 Å². The minimum Gasteiger partial charge on any atom is -0.281 e. The van der Waals surface area contributed by atoms with E-state index in [0.29, 0.717) is 5.69 Å². The number of nitrogens with one attached hydrogen (secondary N) is 2. The number of hydrogen-bond acceptors (Lipinski definition) is 3. The van der Waals surface area contributed by atoms with Gasteiger partial charge in [0.25, 0.3) is 0 Å². The van der Waals surface area contributed by atoms with Crippen molar-refractivity contribution in [1.82, 2.24) is 14.9 Å². The van der Waals surface area contributed by atoms with Crippen molar-refractivity contribution >= 4 is 10.0 Å². The van der Waals surface area contributed by atoms with E-state index in [1.54, 1.807) is 6.92 Å². The number of sulfonamides is 1. The third-order valence-corrected chi connectivity index (χ3v) is 4.27. The molecule has 0 saturated heterocycles. The third kappa shape index (κ3) is 4.10. The molecule has 1 aromatic rings. The number of nitrogens with zero attached hydrogens (tertiary/aromatic N) is 1. The molecule has 0 amide bonds. The molecule has 0 saturated carbocycles. The van der Waals surface area contributed by atoms with Crippen LogP contribution in [0.5, 0.6) is 0 Å². The first-order valence-corrected chi connectivity index (χ1v) is 7.45. The predicted octanol–water partition coefficient (Wildman–Crippen LogP) is 2.21. The van der Waals surface area contributed by atoms with Crippen molar-refractivity contribution in [3.05, 3.63) is 11.9 Å². The molecule has 1 heterocycles. The Morgan fingerprint density at radius 3 is 2.22 bits per heavy atom. The minimum atomic E-state index is -3.52. The van der Waals surface area contributed by atoms with Crippen LogP contribution in [0, 0.1) is 12.3 Å². The number of H-pyrrole nitrogens is 1. The van der Waals surface area contributed by atoms with Crippen LogP contribution in [0.1, 0.15) is 46.7 Å². The molecule has 0 aliphatic rings. The summed E-state index contributed by atoms with van der Waals surface area (Å²) in [5.41, 5.74) is 0.104. The van der Waals surface area contributed by atoms with Gasteiger partial charge < -0.3 is 0 Å². The SMILES string of the molecule is Cc1[nH]ncc1S(=O)(=O)NC(C)(C)CC(C)(C)C. The van der Waals surface area contributed by atoms with E-state index < -0.39 is 15.6 Å². The van der Waals surface area contributed by atoms with E-state index in [2.05, 4.69) is 35.7 Å². The lowest BCUT2D eigenvalue weighted by molar-refractivity contribution is 0.269. The Balaban J connectivity index is 2.94. The quantitative estimate of drug-likeness (QED) is 0.883. The largest absolute Gasteiger partial charge is 0.281 e. The zero-order valence-electron chi connectivity index (χ0n) is 12.0. The first-order valence-electron chi connectivity index (χ1n) is 5.97. The summed E-state index contributed by atoms with van der Waals surface area (Å²) in [7, 11) is -3.52. The zero-order chi connectivity index (χ0) is 14.2. The Morgan fingerprint density at radius 1 is 1.28 bits per heavy atom. The third-order valence-electron chi connectivity index (χ3n) is 2.46. The fourth-order valence-corrected chi connectivity index (χ4v) is 3.94. The Labute approximate surface area is 109 Å². The van der Waals surface area contributed by atoms with E-state index >= 15 is 0 Å². The Morgan fingerprint density at radius 2 is 1.83 bits per heavy atom.